The quantitative estimate of drug-likeness (QED) is 0.444. The number of aromatic nitrogens is 4. The highest BCUT2D eigenvalue weighted by Gasteiger charge is 2.35. The number of nitro groups is 1. The Labute approximate surface area is 181 Å². The van der Waals surface area contributed by atoms with Crippen molar-refractivity contribution in [2.24, 2.45) is 7.05 Å². The molecule has 0 N–H and O–H groups in total. The molecule has 1 aliphatic rings. The molecule has 1 aliphatic heterocycles. The molecule has 0 unspecified atom stereocenters. The van der Waals surface area contributed by atoms with E-state index in [4.69, 9.17) is 0 Å². The summed E-state index contributed by atoms with van der Waals surface area (Å²) in [6.07, 6.45) is 0. The van der Waals surface area contributed by atoms with Gasteiger partial charge in [0.2, 0.25) is 5.16 Å². The van der Waals surface area contributed by atoms with Crippen molar-refractivity contribution < 1.29 is 9.72 Å². The number of aryl methyl sites for hydroxylation is 1. The van der Waals surface area contributed by atoms with Gasteiger partial charge in [0.15, 0.2) is 0 Å². The van der Waals surface area contributed by atoms with Crippen LogP contribution in [-0.4, -0.2) is 42.3 Å². The number of hydrogen-bond donors (Lipinski definition) is 0. The molecular weight excluding hydrogens is 424 g/mol. The van der Waals surface area contributed by atoms with Gasteiger partial charge in [0.25, 0.3) is 11.6 Å². The van der Waals surface area contributed by atoms with E-state index in [0.29, 0.717) is 16.6 Å². The van der Waals surface area contributed by atoms with Gasteiger partial charge in [0.05, 0.1) is 15.5 Å². The van der Waals surface area contributed by atoms with E-state index in [9.17, 15) is 14.9 Å². The third kappa shape index (κ3) is 3.90. The van der Waals surface area contributed by atoms with Crippen LogP contribution in [0.1, 0.15) is 24.2 Å². The third-order valence-corrected chi connectivity index (χ3v) is 6.85. The molecule has 0 saturated heterocycles. The van der Waals surface area contributed by atoms with Gasteiger partial charge in [-0.25, -0.2) is 4.68 Å². The van der Waals surface area contributed by atoms with E-state index >= 15 is 0 Å². The number of anilines is 1. The zero-order chi connectivity index (χ0) is 21.5. The summed E-state index contributed by atoms with van der Waals surface area (Å²) in [6.45, 7) is 4.65. The predicted molar refractivity (Wildman–Crippen MR) is 114 cm³/mol. The van der Waals surface area contributed by atoms with E-state index in [2.05, 4.69) is 29.4 Å². The van der Waals surface area contributed by atoms with E-state index in [1.807, 2.05) is 24.3 Å². The molecule has 30 heavy (non-hydrogen) atoms. The summed E-state index contributed by atoms with van der Waals surface area (Å²) in [4.78, 5) is 27.6. The van der Waals surface area contributed by atoms with Gasteiger partial charge >= 0.3 is 0 Å². The van der Waals surface area contributed by atoms with E-state index < -0.39 is 4.92 Å². The number of hydrogen-bond acceptors (Lipinski definition) is 8. The fraction of sp³-hybridized carbons (Fsp3) is 0.263. The average Bonchev–Trinajstić information content (AvgIpc) is 3.10. The molecule has 11 heteroatoms. The number of fused-ring (bicyclic) bond motifs is 1. The second kappa shape index (κ2) is 7.73. The van der Waals surface area contributed by atoms with E-state index in [-0.39, 0.29) is 21.9 Å². The molecule has 4 rings (SSSR count). The molecule has 1 aromatic heterocycles. The Hall–Kier alpha value is -2.92. The topological polar surface area (TPSA) is 107 Å². The standard InChI is InChI=1S/C19H18N6O3S2/c1-19(2)11-24(13-6-4-5-7-16(13)30-19)17(26)12-8-9-15(14(10-12)25(27)28)29-18-20-21-22-23(18)3/h4-10H,11H2,1-3H3. The molecular formula is C19H18N6O3S2. The number of amides is 1. The normalized spacial score (nSPS) is 15.0. The molecule has 3 aromatic rings. The minimum absolute atomic E-state index is 0.159. The van der Waals surface area contributed by atoms with Gasteiger partial charge in [-0.05, 0) is 60.3 Å². The van der Waals surface area contributed by atoms with Crippen LogP contribution in [0.5, 0.6) is 0 Å². The van der Waals surface area contributed by atoms with Gasteiger partial charge in [-0.1, -0.05) is 12.1 Å². The second-order valence-corrected chi connectivity index (χ2v) is 10.1. The Morgan fingerprint density at radius 1 is 1.27 bits per heavy atom. The molecule has 0 aliphatic carbocycles. The number of nitrogens with zero attached hydrogens (tertiary/aromatic N) is 6. The molecule has 9 nitrogen and oxygen atoms in total. The number of benzene rings is 2. The van der Waals surface area contributed by atoms with Gasteiger partial charge in [-0.2, -0.15) is 0 Å². The maximum absolute atomic E-state index is 13.4. The van der Waals surface area contributed by atoms with Crippen molar-refractivity contribution in [2.45, 2.75) is 33.5 Å². The van der Waals surface area contributed by atoms with Crippen molar-refractivity contribution in [3.8, 4) is 0 Å². The molecule has 1 amide bonds. The van der Waals surface area contributed by atoms with Crippen LogP contribution < -0.4 is 4.90 Å². The number of carbonyl (C=O) groups is 1. The smallest absolute Gasteiger partial charge is 0.284 e. The molecule has 0 fully saturated rings. The van der Waals surface area contributed by atoms with Crippen molar-refractivity contribution >= 4 is 40.8 Å². The fourth-order valence-corrected chi connectivity index (χ4v) is 5.22. The SMILES string of the molecule is Cn1nnnc1Sc1ccc(C(=O)N2CC(C)(C)Sc3ccccc32)cc1[N+](=O)[O-]. The highest BCUT2D eigenvalue weighted by atomic mass is 32.2. The molecule has 0 spiro atoms. The lowest BCUT2D eigenvalue weighted by molar-refractivity contribution is -0.387. The summed E-state index contributed by atoms with van der Waals surface area (Å²) in [5.74, 6) is -0.268. The van der Waals surface area contributed by atoms with Gasteiger partial charge in [0, 0.05) is 34.9 Å². The maximum atomic E-state index is 13.4. The molecule has 154 valence electrons. The number of nitro benzene ring substituents is 1. The highest BCUT2D eigenvalue weighted by Crippen LogP contribution is 2.44. The molecule has 0 bridgehead atoms. The molecule has 0 saturated carbocycles. The van der Waals surface area contributed by atoms with Crippen LogP contribution in [-0.2, 0) is 7.05 Å². The summed E-state index contributed by atoms with van der Waals surface area (Å²) in [7, 11) is 1.65. The Balaban J connectivity index is 1.70. The summed E-state index contributed by atoms with van der Waals surface area (Å²) in [5.41, 5.74) is 0.922. The molecule has 2 heterocycles. The first kappa shape index (κ1) is 20.4. The first-order valence-electron chi connectivity index (χ1n) is 9.04. The van der Waals surface area contributed by atoms with Crippen LogP contribution >= 0.6 is 23.5 Å². The number of tetrazole rings is 1. The van der Waals surface area contributed by atoms with Crippen molar-refractivity contribution in [3.05, 3.63) is 58.1 Å². The van der Waals surface area contributed by atoms with Crippen LogP contribution in [0.2, 0.25) is 0 Å². The number of rotatable bonds is 4. The van der Waals surface area contributed by atoms with Gasteiger partial charge in [-0.3, -0.25) is 14.9 Å². The van der Waals surface area contributed by atoms with E-state index in [1.54, 1.807) is 35.8 Å². The van der Waals surface area contributed by atoms with Crippen LogP contribution in [0.4, 0.5) is 11.4 Å². The van der Waals surface area contributed by atoms with Crippen LogP contribution in [0.25, 0.3) is 0 Å². The van der Waals surface area contributed by atoms with Gasteiger partial charge < -0.3 is 4.90 Å². The molecule has 0 radical (unpaired) electrons. The Bertz CT molecular complexity index is 1150. The molecule has 2 aromatic carbocycles. The number of para-hydroxylation sites is 1. The summed E-state index contributed by atoms with van der Waals surface area (Å²) >= 11 is 2.79. The van der Waals surface area contributed by atoms with E-state index in [1.165, 1.54) is 10.7 Å². The fourth-order valence-electron chi connectivity index (χ4n) is 3.18. The lowest BCUT2D eigenvalue weighted by Gasteiger charge is -2.38. The van der Waals surface area contributed by atoms with Crippen LogP contribution in [0.3, 0.4) is 0 Å². The number of thioether (sulfide) groups is 1. The van der Waals surface area contributed by atoms with E-state index in [0.717, 1.165) is 22.3 Å². The number of carbonyl (C=O) groups excluding carboxylic acids is 1. The zero-order valence-corrected chi connectivity index (χ0v) is 18.1. The summed E-state index contributed by atoms with van der Waals surface area (Å²) in [6, 6.07) is 12.2. The maximum Gasteiger partial charge on any atom is 0.284 e. The largest absolute Gasteiger partial charge is 0.306 e. The average molecular weight is 443 g/mol. The first-order valence-corrected chi connectivity index (χ1v) is 10.7. The Morgan fingerprint density at radius 2 is 2.03 bits per heavy atom. The second-order valence-electron chi connectivity index (χ2n) is 7.35. The Kier molecular flexibility index (Phi) is 5.24. The van der Waals surface area contributed by atoms with Gasteiger partial charge in [-0.15, -0.1) is 16.9 Å². The minimum atomic E-state index is -0.493. The van der Waals surface area contributed by atoms with Crippen molar-refractivity contribution in [3.63, 3.8) is 0 Å². The van der Waals surface area contributed by atoms with Crippen LogP contribution in [0.15, 0.2) is 57.4 Å². The Morgan fingerprint density at radius 3 is 2.73 bits per heavy atom. The van der Waals surface area contributed by atoms with Crippen molar-refractivity contribution in [1.82, 2.24) is 20.2 Å². The zero-order valence-electron chi connectivity index (χ0n) is 16.5. The molecule has 0 atom stereocenters. The predicted octanol–water partition coefficient (Wildman–Crippen LogP) is 3.80. The lowest BCUT2D eigenvalue weighted by Crippen LogP contribution is -2.43. The summed E-state index contributed by atoms with van der Waals surface area (Å²) in [5, 5.41) is 23.2. The first-order chi connectivity index (χ1) is 14.2. The third-order valence-electron chi connectivity index (χ3n) is 4.51. The van der Waals surface area contributed by atoms with Crippen molar-refractivity contribution in [2.75, 3.05) is 11.4 Å². The van der Waals surface area contributed by atoms with Crippen LogP contribution in [0, 0.1) is 10.1 Å². The highest BCUT2D eigenvalue weighted by molar-refractivity contribution is 8.01. The van der Waals surface area contributed by atoms with Gasteiger partial charge in [0.1, 0.15) is 0 Å². The summed E-state index contributed by atoms with van der Waals surface area (Å²) < 4.78 is 1.25. The minimum Gasteiger partial charge on any atom is -0.306 e. The monoisotopic (exact) mass is 442 g/mol. The van der Waals surface area contributed by atoms with Crippen molar-refractivity contribution in [1.29, 1.82) is 0 Å². The lowest BCUT2D eigenvalue weighted by atomic mass is 10.1.